The van der Waals surface area contributed by atoms with Crippen molar-refractivity contribution in [1.29, 1.82) is 0 Å². The summed E-state index contributed by atoms with van der Waals surface area (Å²) in [4.78, 5) is 0. The summed E-state index contributed by atoms with van der Waals surface area (Å²) in [6.45, 7) is 11.8. The highest BCUT2D eigenvalue weighted by molar-refractivity contribution is 5.72. The van der Waals surface area contributed by atoms with Gasteiger partial charge in [-0.3, -0.25) is 0 Å². The third kappa shape index (κ3) is 4.50. The Labute approximate surface area is 92.8 Å². The minimum absolute atomic E-state index is 0.858. The lowest BCUT2D eigenvalue weighted by Crippen LogP contribution is -1.76. The van der Waals surface area contributed by atoms with Crippen LogP contribution in [0.25, 0.3) is 5.57 Å². The van der Waals surface area contributed by atoms with Crippen molar-refractivity contribution in [3.05, 3.63) is 54.5 Å². The van der Waals surface area contributed by atoms with Gasteiger partial charge in [-0.05, 0) is 32.1 Å². The summed E-state index contributed by atoms with van der Waals surface area (Å²) in [6.07, 6.45) is 7.56. The summed E-state index contributed by atoms with van der Waals surface area (Å²) in [6, 6.07) is 3.80. The van der Waals surface area contributed by atoms with Crippen molar-refractivity contribution >= 4 is 5.57 Å². The van der Waals surface area contributed by atoms with Crippen molar-refractivity contribution in [2.75, 3.05) is 0 Å². The van der Waals surface area contributed by atoms with Crippen LogP contribution in [-0.2, 0) is 0 Å². The Kier molecular flexibility index (Phi) is 7.08. The number of furan rings is 1. The van der Waals surface area contributed by atoms with Gasteiger partial charge in [0.05, 0.1) is 6.26 Å². The number of hydrogen-bond donors (Lipinski definition) is 0. The van der Waals surface area contributed by atoms with E-state index >= 15 is 0 Å². The Balaban J connectivity index is 0.000000921. The van der Waals surface area contributed by atoms with Crippen LogP contribution < -0.4 is 0 Å². The lowest BCUT2D eigenvalue weighted by atomic mass is 10.1. The molecule has 1 heteroatoms. The SMILES string of the molecule is C=C/C(=C\C(C)=C/C)c1ccco1.CC. The molecule has 1 aromatic heterocycles. The van der Waals surface area contributed by atoms with Crippen LogP contribution in [0.2, 0.25) is 0 Å². The first-order valence-electron chi connectivity index (χ1n) is 5.29. The first-order valence-corrected chi connectivity index (χ1v) is 5.29. The van der Waals surface area contributed by atoms with E-state index in [0.29, 0.717) is 0 Å². The quantitative estimate of drug-likeness (QED) is 0.642. The van der Waals surface area contributed by atoms with Gasteiger partial charge in [0, 0.05) is 5.57 Å². The zero-order valence-corrected chi connectivity index (χ0v) is 10.1. The highest BCUT2D eigenvalue weighted by Gasteiger charge is 1.98. The number of hydrogen-bond acceptors (Lipinski definition) is 1. The lowest BCUT2D eigenvalue weighted by Gasteiger charge is -1.97. The van der Waals surface area contributed by atoms with Crippen molar-refractivity contribution < 1.29 is 4.42 Å². The highest BCUT2D eigenvalue weighted by atomic mass is 16.3. The molecule has 0 aromatic carbocycles. The Morgan fingerprint density at radius 3 is 2.47 bits per heavy atom. The number of allylic oxidation sites excluding steroid dienone is 5. The molecule has 0 amide bonds. The zero-order valence-electron chi connectivity index (χ0n) is 10.1. The molecule has 1 aromatic rings. The van der Waals surface area contributed by atoms with Crippen LogP contribution in [0.5, 0.6) is 0 Å². The maximum atomic E-state index is 5.27. The molecule has 0 saturated carbocycles. The molecule has 15 heavy (non-hydrogen) atoms. The third-order valence-corrected chi connectivity index (χ3v) is 1.86. The fourth-order valence-corrected chi connectivity index (χ4v) is 1.00. The first kappa shape index (κ1) is 13.5. The van der Waals surface area contributed by atoms with E-state index in [-0.39, 0.29) is 0 Å². The summed E-state index contributed by atoms with van der Waals surface area (Å²) in [5.74, 6) is 0.858. The molecule has 0 aliphatic rings. The monoisotopic (exact) mass is 204 g/mol. The van der Waals surface area contributed by atoms with Gasteiger partial charge in [0.2, 0.25) is 0 Å². The van der Waals surface area contributed by atoms with Gasteiger partial charge >= 0.3 is 0 Å². The Bertz CT molecular complexity index is 326. The second-order valence-corrected chi connectivity index (χ2v) is 2.81. The van der Waals surface area contributed by atoms with Gasteiger partial charge in [-0.25, -0.2) is 0 Å². The fraction of sp³-hybridized carbons (Fsp3) is 0.286. The number of rotatable bonds is 3. The fourth-order valence-electron chi connectivity index (χ4n) is 1.00. The molecule has 1 heterocycles. The topological polar surface area (TPSA) is 13.1 Å². The summed E-state index contributed by atoms with van der Waals surface area (Å²) in [5, 5.41) is 0. The Morgan fingerprint density at radius 1 is 1.40 bits per heavy atom. The van der Waals surface area contributed by atoms with Crippen LogP contribution in [0.4, 0.5) is 0 Å². The van der Waals surface area contributed by atoms with Crippen molar-refractivity contribution in [1.82, 2.24) is 0 Å². The second-order valence-electron chi connectivity index (χ2n) is 2.81. The molecule has 0 spiro atoms. The predicted molar refractivity (Wildman–Crippen MR) is 67.7 cm³/mol. The summed E-state index contributed by atoms with van der Waals surface area (Å²) >= 11 is 0. The van der Waals surface area contributed by atoms with Gasteiger partial charge in [0.25, 0.3) is 0 Å². The second kappa shape index (κ2) is 7.86. The minimum Gasteiger partial charge on any atom is -0.464 e. The van der Waals surface area contributed by atoms with Gasteiger partial charge in [0.15, 0.2) is 0 Å². The van der Waals surface area contributed by atoms with Gasteiger partial charge in [0.1, 0.15) is 5.76 Å². The molecule has 0 unspecified atom stereocenters. The van der Waals surface area contributed by atoms with Gasteiger partial charge in [-0.1, -0.05) is 38.2 Å². The summed E-state index contributed by atoms with van der Waals surface area (Å²) in [7, 11) is 0. The maximum Gasteiger partial charge on any atom is 0.133 e. The summed E-state index contributed by atoms with van der Waals surface area (Å²) in [5.41, 5.74) is 2.21. The van der Waals surface area contributed by atoms with E-state index in [2.05, 4.69) is 6.58 Å². The molecule has 0 atom stereocenters. The Morgan fingerprint density at radius 2 is 2.07 bits per heavy atom. The van der Waals surface area contributed by atoms with Crippen LogP contribution in [-0.4, -0.2) is 0 Å². The van der Waals surface area contributed by atoms with E-state index in [9.17, 15) is 0 Å². The molecule has 82 valence electrons. The maximum absolute atomic E-state index is 5.27. The average molecular weight is 204 g/mol. The first-order chi connectivity index (χ1) is 7.27. The van der Waals surface area contributed by atoms with Crippen LogP contribution in [0, 0.1) is 0 Å². The molecule has 0 fully saturated rings. The predicted octanol–water partition coefficient (Wildman–Crippen LogP) is 4.84. The molecule has 0 radical (unpaired) electrons. The standard InChI is InChI=1S/C12H14O.C2H6/c1-4-10(3)9-11(5-2)12-7-6-8-13-12;1-2/h4-9H,2H2,1,3H3;1-2H3/b10-4-,11-9+;. The van der Waals surface area contributed by atoms with Gasteiger partial charge < -0.3 is 4.42 Å². The average Bonchev–Trinajstić information content (AvgIpc) is 2.81. The molecule has 0 N–H and O–H groups in total. The molecular formula is C14H20O. The smallest absolute Gasteiger partial charge is 0.133 e. The van der Waals surface area contributed by atoms with Crippen molar-refractivity contribution in [3.8, 4) is 0 Å². The van der Waals surface area contributed by atoms with Crippen LogP contribution in [0.3, 0.4) is 0 Å². The largest absolute Gasteiger partial charge is 0.464 e. The highest BCUT2D eigenvalue weighted by Crippen LogP contribution is 2.17. The molecular weight excluding hydrogens is 184 g/mol. The van der Waals surface area contributed by atoms with Crippen molar-refractivity contribution in [3.63, 3.8) is 0 Å². The van der Waals surface area contributed by atoms with Crippen molar-refractivity contribution in [2.24, 2.45) is 0 Å². The molecule has 0 bridgehead atoms. The minimum atomic E-state index is 0.858. The van der Waals surface area contributed by atoms with E-state index < -0.39 is 0 Å². The van der Waals surface area contributed by atoms with E-state index in [4.69, 9.17) is 4.42 Å². The molecule has 0 aliphatic heterocycles. The lowest BCUT2D eigenvalue weighted by molar-refractivity contribution is 0.554. The van der Waals surface area contributed by atoms with Crippen LogP contribution >= 0.6 is 0 Å². The summed E-state index contributed by atoms with van der Waals surface area (Å²) < 4.78 is 5.27. The van der Waals surface area contributed by atoms with Crippen molar-refractivity contribution in [2.45, 2.75) is 27.7 Å². The molecule has 0 saturated heterocycles. The van der Waals surface area contributed by atoms with Gasteiger partial charge in [-0.15, -0.1) is 0 Å². The van der Waals surface area contributed by atoms with Gasteiger partial charge in [-0.2, -0.15) is 0 Å². The van der Waals surface area contributed by atoms with Crippen LogP contribution in [0.15, 0.2) is 53.2 Å². The molecule has 0 aliphatic carbocycles. The van der Waals surface area contributed by atoms with E-state index in [1.807, 2.05) is 52.0 Å². The zero-order chi connectivity index (χ0) is 11.7. The normalized spacial score (nSPS) is 11.7. The van der Waals surface area contributed by atoms with E-state index in [1.54, 1.807) is 12.3 Å². The molecule has 1 nitrogen and oxygen atoms in total. The molecule has 1 rings (SSSR count). The van der Waals surface area contributed by atoms with E-state index in [1.165, 1.54) is 5.57 Å². The van der Waals surface area contributed by atoms with Crippen LogP contribution in [0.1, 0.15) is 33.5 Å². The third-order valence-electron chi connectivity index (χ3n) is 1.86. The Hall–Kier alpha value is -1.50. The van der Waals surface area contributed by atoms with E-state index in [0.717, 1.165) is 11.3 Å².